The first-order valence-electron chi connectivity index (χ1n) is 7.52. The van der Waals surface area contributed by atoms with Crippen molar-refractivity contribution in [2.45, 2.75) is 39.7 Å². The van der Waals surface area contributed by atoms with Crippen molar-refractivity contribution in [2.75, 3.05) is 5.33 Å². The van der Waals surface area contributed by atoms with E-state index >= 15 is 0 Å². The van der Waals surface area contributed by atoms with Gasteiger partial charge in [-0.2, -0.15) is 5.10 Å². The summed E-state index contributed by atoms with van der Waals surface area (Å²) in [6.45, 7) is 5.27. The van der Waals surface area contributed by atoms with Gasteiger partial charge in [-0.15, -0.1) is 0 Å². The summed E-state index contributed by atoms with van der Waals surface area (Å²) < 4.78 is 3.35. The molecule has 0 aliphatic rings. The SMILES string of the molecule is CCc1cc(CC(CBr)Cc2ccccc2Br)n(CC)n1. The second-order valence-electron chi connectivity index (χ2n) is 5.32. The first kappa shape index (κ1) is 16.8. The van der Waals surface area contributed by atoms with Crippen LogP contribution in [0, 0.1) is 5.92 Å². The highest BCUT2D eigenvalue weighted by Gasteiger charge is 2.15. The van der Waals surface area contributed by atoms with Gasteiger partial charge >= 0.3 is 0 Å². The van der Waals surface area contributed by atoms with Gasteiger partial charge in [0.1, 0.15) is 0 Å². The zero-order valence-corrected chi connectivity index (χ0v) is 15.8. The second-order valence-corrected chi connectivity index (χ2v) is 6.82. The molecule has 0 bridgehead atoms. The average Bonchev–Trinajstić information content (AvgIpc) is 2.90. The van der Waals surface area contributed by atoms with E-state index in [1.54, 1.807) is 0 Å². The second kappa shape index (κ2) is 8.14. The van der Waals surface area contributed by atoms with E-state index in [2.05, 4.69) is 85.8 Å². The summed E-state index contributed by atoms with van der Waals surface area (Å²) in [5, 5.41) is 5.66. The Balaban J connectivity index is 2.12. The predicted octanol–water partition coefficient (Wildman–Crippen LogP) is 5.02. The molecule has 0 saturated heterocycles. The fourth-order valence-electron chi connectivity index (χ4n) is 2.58. The third-order valence-electron chi connectivity index (χ3n) is 3.76. The number of hydrogen-bond acceptors (Lipinski definition) is 1. The maximum atomic E-state index is 4.65. The topological polar surface area (TPSA) is 17.8 Å². The maximum absolute atomic E-state index is 4.65. The molecule has 0 radical (unpaired) electrons. The van der Waals surface area contributed by atoms with E-state index in [1.807, 2.05) is 0 Å². The smallest absolute Gasteiger partial charge is 0.0624 e. The molecule has 0 saturated carbocycles. The van der Waals surface area contributed by atoms with Gasteiger partial charge < -0.3 is 0 Å². The number of nitrogens with zero attached hydrogens (tertiary/aromatic N) is 2. The summed E-state index contributed by atoms with van der Waals surface area (Å²) >= 11 is 7.33. The van der Waals surface area contributed by atoms with Gasteiger partial charge in [-0.3, -0.25) is 4.68 Å². The van der Waals surface area contributed by atoms with Crippen molar-refractivity contribution in [2.24, 2.45) is 5.92 Å². The number of hydrogen-bond donors (Lipinski definition) is 0. The van der Waals surface area contributed by atoms with Crippen molar-refractivity contribution in [3.63, 3.8) is 0 Å². The van der Waals surface area contributed by atoms with Gasteiger partial charge in [0.25, 0.3) is 0 Å². The van der Waals surface area contributed by atoms with Crippen LogP contribution in [-0.2, 0) is 25.8 Å². The van der Waals surface area contributed by atoms with Gasteiger partial charge in [0, 0.05) is 22.0 Å². The van der Waals surface area contributed by atoms with Gasteiger partial charge in [0.15, 0.2) is 0 Å². The van der Waals surface area contributed by atoms with Crippen molar-refractivity contribution >= 4 is 31.9 Å². The summed E-state index contributed by atoms with van der Waals surface area (Å²) in [6, 6.07) is 10.8. The Morgan fingerprint density at radius 2 is 1.95 bits per heavy atom. The van der Waals surface area contributed by atoms with E-state index in [0.29, 0.717) is 5.92 Å². The van der Waals surface area contributed by atoms with Crippen LogP contribution in [0.4, 0.5) is 0 Å². The van der Waals surface area contributed by atoms with Crippen LogP contribution >= 0.6 is 31.9 Å². The van der Waals surface area contributed by atoms with Gasteiger partial charge in [0.2, 0.25) is 0 Å². The minimum atomic E-state index is 0.579. The third-order valence-corrected chi connectivity index (χ3v) is 5.45. The van der Waals surface area contributed by atoms with Crippen molar-refractivity contribution in [1.29, 1.82) is 0 Å². The highest BCUT2D eigenvalue weighted by atomic mass is 79.9. The molecule has 1 aromatic heterocycles. The lowest BCUT2D eigenvalue weighted by Gasteiger charge is -2.15. The van der Waals surface area contributed by atoms with E-state index in [1.165, 1.54) is 21.4 Å². The van der Waals surface area contributed by atoms with Crippen molar-refractivity contribution in [3.05, 3.63) is 51.8 Å². The standard InChI is InChI=1S/C17H22Br2N2/c1-3-15-11-16(21(4-2)20-15)10-13(12-18)9-14-7-5-6-8-17(14)19/h5-8,11,13H,3-4,9-10,12H2,1-2H3. The van der Waals surface area contributed by atoms with Crippen LogP contribution < -0.4 is 0 Å². The number of alkyl halides is 1. The lowest BCUT2D eigenvalue weighted by Crippen LogP contribution is -2.14. The van der Waals surface area contributed by atoms with Crippen LogP contribution in [0.25, 0.3) is 0 Å². The van der Waals surface area contributed by atoms with Crippen LogP contribution in [0.2, 0.25) is 0 Å². The highest BCUT2D eigenvalue weighted by molar-refractivity contribution is 9.10. The molecule has 0 aliphatic carbocycles. The largest absolute Gasteiger partial charge is 0.270 e. The maximum Gasteiger partial charge on any atom is 0.0624 e. The summed E-state index contributed by atoms with van der Waals surface area (Å²) in [5.74, 6) is 0.579. The monoisotopic (exact) mass is 412 g/mol. The Hall–Kier alpha value is -0.610. The lowest BCUT2D eigenvalue weighted by molar-refractivity contribution is 0.534. The van der Waals surface area contributed by atoms with Crippen molar-refractivity contribution < 1.29 is 0 Å². The van der Waals surface area contributed by atoms with E-state index in [-0.39, 0.29) is 0 Å². The molecule has 114 valence electrons. The minimum absolute atomic E-state index is 0.579. The van der Waals surface area contributed by atoms with Crippen LogP contribution in [0.15, 0.2) is 34.8 Å². The summed E-state index contributed by atoms with van der Waals surface area (Å²) in [4.78, 5) is 0. The normalized spacial score (nSPS) is 12.6. The number of rotatable bonds is 7. The average molecular weight is 414 g/mol. The first-order valence-corrected chi connectivity index (χ1v) is 9.44. The highest BCUT2D eigenvalue weighted by Crippen LogP contribution is 2.23. The Labute approximate surface area is 144 Å². The molecule has 0 N–H and O–H groups in total. The number of benzene rings is 1. The predicted molar refractivity (Wildman–Crippen MR) is 96.1 cm³/mol. The molecule has 0 aliphatic heterocycles. The molecule has 0 fully saturated rings. The Kier molecular flexibility index (Phi) is 6.49. The van der Waals surface area contributed by atoms with Crippen LogP contribution in [-0.4, -0.2) is 15.1 Å². The summed E-state index contributed by atoms with van der Waals surface area (Å²) in [7, 11) is 0. The molecule has 2 nitrogen and oxygen atoms in total. The molecular formula is C17H22Br2N2. The summed E-state index contributed by atoms with van der Waals surface area (Å²) in [6.07, 6.45) is 3.14. The zero-order valence-electron chi connectivity index (χ0n) is 12.6. The van der Waals surface area contributed by atoms with Gasteiger partial charge in [0.05, 0.1) is 5.69 Å². The fraction of sp³-hybridized carbons (Fsp3) is 0.471. The van der Waals surface area contributed by atoms with E-state index < -0.39 is 0 Å². The Morgan fingerprint density at radius 3 is 2.57 bits per heavy atom. The third kappa shape index (κ3) is 4.43. The molecule has 21 heavy (non-hydrogen) atoms. The van der Waals surface area contributed by atoms with Crippen LogP contribution in [0.5, 0.6) is 0 Å². The van der Waals surface area contributed by atoms with Gasteiger partial charge in [-0.05, 0) is 49.8 Å². The molecule has 2 rings (SSSR count). The Morgan fingerprint density at radius 1 is 1.19 bits per heavy atom. The minimum Gasteiger partial charge on any atom is -0.270 e. The molecule has 1 heterocycles. The van der Waals surface area contributed by atoms with E-state index in [0.717, 1.165) is 31.1 Å². The molecule has 1 atom stereocenters. The fourth-order valence-corrected chi connectivity index (χ4v) is 3.48. The first-order chi connectivity index (χ1) is 10.2. The van der Waals surface area contributed by atoms with Crippen LogP contribution in [0.1, 0.15) is 30.8 Å². The van der Waals surface area contributed by atoms with Crippen LogP contribution in [0.3, 0.4) is 0 Å². The quantitative estimate of drug-likeness (QED) is 0.582. The van der Waals surface area contributed by atoms with Gasteiger partial charge in [-0.1, -0.05) is 57.0 Å². The summed E-state index contributed by atoms with van der Waals surface area (Å²) in [5.41, 5.74) is 3.92. The molecule has 1 aromatic carbocycles. The van der Waals surface area contributed by atoms with Crippen molar-refractivity contribution in [1.82, 2.24) is 9.78 Å². The number of aryl methyl sites for hydroxylation is 2. The molecule has 0 amide bonds. The zero-order chi connectivity index (χ0) is 15.2. The molecule has 1 unspecified atom stereocenters. The van der Waals surface area contributed by atoms with E-state index in [4.69, 9.17) is 0 Å². The number of aromatic nitrogens is 2. The molecule has 2 aromatic rings. The Bertz CT molecular complexity index is 578. The number of halogens is 2. The molecule has 4 heteroatoms. The molecular weight excluding hydrogens is 392 g/mol. The van der Waals surface area contributed by atoms with E-state index in [9.17, 15) is 0 Å². The van der Waals surface area contributed by atoms with Gasteiger partial charge in [-0.25, -0.2) is 0 Å². The van der Waals surface area contributed by atoms with Crippen molar-refractivity contribution in [3.8, 4) is 0 Å². The lowest BCUT2D eigenvalue weighted by atomic mass is 9.96. The molecule has 0 spiro atoms.